The molecule has 0 rings (SSSR count). The predicted molar refractivity (Wildman–Crippen MR) is 46.9 cm³/mol. The van der Waals surface area contributed by atoms with Crippen molar-refractivity contribution in [2.24, 2.45) is 23.5 Å². The second kappa shape index (κ2) is 4.76. The topological polar surface area (TPSA) is 66.9 Å². The molecule has 0 radical (unpaired) electrons. The fraction of sp³-hybridized carbons (Fsp3) is 0.778. The van der Waals surface area contributed by atoms with E-state index in [1.165, 1.54) is 0 Å². The third-order valence-corrected chi connectivity index (χ3v) is 1.86. The van der Waals surface area contributed by atoms with Crippen LogP contribution in [0.3, 0.4) is 0 Å². The van der Waals surface area contributed by atoms with E-state index in [0.717, 1.165) is 6.42 Å². The number of carbonyl (C=O) groups excluding carboxylic acids is 1. The molecule has 0 fully saturated rings. The van der Waals surface area contributed by atoms with Crippen LogP contribution in [0.1, 0.15) is 27.2 Å². The van der Waals surface area contributed by atoms with Crippen molar-refractivity contribution in [1.29, 1.82) is 5.26 Å². The second-order valence-corrected chi connectivity index (χ2v) is 3.62. The number of carbonyl (C=O) groups is 1. The summed E-state index contributed by atoms with van der Waals surface area (Å²) in [4.78, 5) is 10.8. The van der Waals surface area contributed by atoms with E-state index in [2.05, 4.69) is 13.8 Å². The lowest BCUT2D eigenvalue weighted by molar-refractivity contribution is -0.121. The van der Waals surface area contributed by atoms with Crippen LogP contribution in [0.4, 0.5) is 0 Å². The summed E-state index contributed by atoms with van der Waals surface area (Å²) in [7, 11) is 0. The Bertz CT molecular complexity index is 193. The molecule has 0 aromatic rings. The van der Waals surface area contributed by atoms with Gasteiger partial charge < -0.3 is 5.73 Å². The average Bonchev–Trinajstić information content (AvgIpc) is 1.85. The van der Waals surface area contributed by atoms with Crippen molar-refractivity contribution in [2.75, 3.05) is 0 Å². The molecule has 0 saturated carbocycles. The lowest BCUT2D eigenvalue weighted by Gasteiger charge is -2.16. The van der Waals surface area contributed by atoms with Crippen LogP contribution in [0.2, 0.25) is 0 Å². The molecule has 1 amide bonds. The molecule has 0 unspecified atom stereocenters. The quantitative estimate of drug-likeness (QED) is 0.687. The molecule has 2 N–H and O–H groups in total. The first kappa shape index (κ1) is 11.0. The number of primary amides is 1. The minimum Gasteiger partial charge on any atom is -0.369 e. The van der Waals surface area contributed by atoms with Crippen LogP contribution in [0.5, 0.6) is 0 Å². The van der Waals surface area contributed by atoms with Crippen molar-refractivity contribution in [3.8, 4) is 6.07 Å². The van der Waals surface area contributed by atoms with Crippen molar-refractivity contribution < 1.29 is 4.79 Å². The van der Waals surface area contributed by atoms with Crippen molar-refractivity contribution in [2.45, 2.75) is 27.2 Å². The number of amides is 1. The molecular weight excluding hydrogens is 152 g/mol. The third-order valence-electron chi connectivity index (χ3n) is 1.86. The Kier molecular flexibility index (Phi) is 4.35. The highest BCUT2D eigenvalue weighted by atomic mass is 16.1. The van der Waals surface area contributed by atoms with Crippen molar-refractivity contribution in [3.63, 3.8) is 0 Å². The van der Waals surface area contributed by atoms with E-state index < -0.39 is 11.8 Å². The molecule has 0 aliphatic carbocycles. The van der Waals surface area contributed by atoms with E-state index in [1.54, 1.807) is 0 Å². The van der Waals surface area contributed by atoms with Gasteiger partial charge in [0.25, 0.3) is 0 Å². The van der Waals surface area contributed by atoms with Crippen molar-refractivity contribution >= 4 is 5.91 Å². The van der Waals surface area contributed by atoms with Gasteiger partial charge in [-0.25, -0.2) is 0 Å². The number of hydrogen-bond acceptors (Lipinski definition) is 2. The van der Waals surface area contributed by atoms with E-state index in [9.17, 15) is 4.79 Å². The van der Waals surface area contributed by atoms with Gasteiger partial charge in [0.2, 0.25) is 5.91 Å². The predicted octanol–water partition coefficient (Wildman–Crippen LogP) is 1.29. The molecule has 3 heteroatoms. The van der Waals surface area contributed by atoms with Crippen molar-refractivity contribution in [3.05, 3.63) is 0 Å². The molecule has 0 heterocycles. The summed E-state index contributed by atoms with van der Waals surface area (Å²) in [5, 5.41) is 8.63. The lowest BCUT2D eigenvalue weighted by atomic mass is 9.87. The number of rotatable bonds is 4. The van der Waals surface area contributed by atoms with Crippen LogP contribution in [-0.2, 0) is 4.79 Å². The van der Waals surface area contributed by atoms with Crippen LogP contribution in [0, 0.1) is 29.1 Å². The van der Waals surface area contributed by atoms with Gasteiger partial charge in [0, 0.05) is 0 Å². The summed E-state index contributed by atoms with van der Waals surface area (Å²) in [6.45, 7) is 6.01. The zero-order valence-electron chi connectivity index (χ0n) is 7.87. The van der Waals surface area contributed by atoms with E-state index in [4.69, 9.17) is 11.0 Å². The minimum atomic E-state index is -0.632. The lowest BCUT2D eigenvalue weighted by Crippen LogP contribution is -2.28. The van der Waals surface area contributed by atoms with E-state index >= 15 is 0 Å². The average molecular weight is 168 g/mol. The smallest absolute Gasteiger partial charge is 0.235 e. The first-order valence-electron chi connectivity index (χ1n) is 4.18. The third kappa shape index (κ3) is 3.38. The molecule has 0 aromatic heterocycles. The maximum atomic E-state index is 10.8. The fourth-order valence-corrected chi connectivity index (χ4v) is 1.35. The number of nitriles is 1. The first-order chi connectivity index (χ1) is 5.49. The van der Waals surface area contributed by atoms with Gasteiger partial charge in [0.05, 0.1) is 6.07 Å². The molecule has 0 bridgehead atoms. The van der Waals surface area contributed by atoms with E-state index in [-0.39, 0.29) is 5.92 Å². The van der Waals surface area contributed by atoms with Crippen LogP contribution in [0.25, 0.3) is 0 Å². The molecule has 2 atom stereocenters. The molecule has 0 aliphatic rings. The largest absolute Gasteiger partial charge is 0.369 e. The van der Waals surface area contributed by atoms with Gasteiger partial charge in [-0.2, -0.15) is 5.26 Å². The Hall–Kier alpha value is -1.04. The van der Waals surface area contributed by atoms with E-state index in [0.29, 0.717) is 5.92 Å². The van der Waals surface area contributed by atoms with Gasteiger partial charge in [-0.05, 0) is 18.3 Å². The van der Waals surface area contributed by atoms with Gasteiger partial charge in [-0.1, -0.05) is 20.8 Å². The molecule has 68 valence electrons. The Morgan fingerprint density at radius 2 is 2.00 bits per heavy atom. The highest BCUT2D eigenvalue weighted by Crippen LogP contribution is 2.19. The van der Waals surface area contributed by atoms with Crippen LogP contribution in [0.15, 0.2) is 0 Å². The summed E-state index contributed by atoms with van der Waals surface area (Å²) in [5.74, 6) is -0.583. The summed E-state index contributed by atoms with van der Waals surface area (Å²) >= 11 is 0. The van der Waals surface area contributed by atoms with Gasteiger partial charge in [-0.3, -0.25) is 4.79 Å². The number of nitrogens with zero attached hydrogens (tertiary/aromatic N) is 1. The maximum Gasteiger partial charge on any atom is 0.235 e. The number of nitrogens with two attached hydrogens (primary N) is 1. The second-order valence-electron chi connectivity index (χ2n) is 3.62. The van der Waals surface area contributed by atoms with Gasteiger partial charge in [0.15, 0.2) is 0 Å². The molecular formula is C9H16N2O. The zero-order chi connectivity index (χ0) is 9.72. The Morgan fingerprint density at radius 1 is 1.50 bits per heavy atom. The fourth-order valence-electron chi connectivity index (χ4n) is 1.35. The standard InChI is InChI=1S/C9H16N2O/c1-6(2)4-7(3)8(5-10)9(11)12/h6-8H,4H2,1-3H3,(H2,11,12)/t7-,8+/m1/s1. The molecule has 0 aromatic carbocycles. The van der Waals surface area contributed by atoms with E-state index in [1.807, 2.05) is 13.0 Å². The molecule has 0 saturated heterocycles. The Balaban J connectivity index is 4.15. The highest BCUT2D eigenvalue weighted by molar-refractivity contribution is 5.79. The highest BCUT2D eigenvalue weighted by Gasteiger charge is 2.22. The number of hydrogen-bond donors (Lipinski definition) is 1. The molecule has 3 nitrogen and oxygen atoms in total. The summed E-state index contributed by atoms with van der Waals surface area (Å²) in [6, 6.07) is 1.93. The molecule has 0 aliphatic heterocycles. The van der Waals surface area contributed by atoms with Crippen LogP contribution < -0.4 is 5.73 Å². The summed E-state index contributed by atoms with van der Waals surface area (Å²) in [5.41, 5.74) is 5.06. The normalized spacial score (nSPS) is 15.2. The molecule has 12 heavy (non-hydrogen) atoms. The minimum absolute atomic E-state index is 0.0625. The van der Waals surface area contributed by atoms with Gasteiger partial charge >= 0.3 is 0 Å². The first-order valence-corrected chi connectivity index (χ1v) is 4.18. The zero-order valence-corrected chi connectivity index (χ0v) is 7.87. The molecule has 0 spiro atoms. The Morgan fingerprint density at radius 3 is 2.25 bits per heavy atom. The van der Waals surface area contributed by atoms with Crippen molar-refractivity contribution in [1.82, 2.24) is 0 Å². The monoisotopic (exact) mass is 168 g/mol. The van der Waals surface area contributed by atoms with Gasteiger partial charge in [-0.15, -0.1) is 0 Å². The van der Waals surface area contributed by atoms with Gasteiger partial charge in [0.1, 0.15) is 5.92 Å². The maximum absolute atomic E-state index is 10.8. The SMILES string of the molecule is CC(C)C[C@@H](C)[C@H](C#N)C(N)=O. The summed E-state index contributed by atoms with van der Waals surface area (Å²) in [6.07, 6.45) is 0.862. The Labute approximate surface area is 73.6 Å². The summed E-state index contributed by atoms with van der Waals surface area (Å²) < 4.78 is 0. The van der Waals surface area contributed by atoms with Crippen LogP contribution >= 0.6 is 0 Å². The van der Waals surface area contributed by atoms with Crippen LogP contribution in [-0.4, -0.2) is 5.91 Å².